The van der Waals surface area contributed by atoms with E-state index in [1.807, 2.05) is 0 Å². The highest BCUT2D eigenvalue weighted by molar-refractivity contribution is 5.52. The number of nitro groups is 1. The Balaban J connectivity index is 2.14. The zero-order valence-electron chi connectivity index (χ0n) is 10.1. The zero-order chi connectivity index (χ0) is 13.1. The number of benzene rings is 1. The van der Waals surface area contributed by atoms with Gasteiger partial charge in [0.15, 0.2) is 0 Å². The van der Waals surface area contributed by atoms with Gasteiger partial charge in [0.05, 0.1) is 11.5 Å². The molecule has 1 N–H and O–H groups in total. The van der Waals surface area contributed by atoms with Crippen LogP contribution in [0.4, 0.5) is 15.8 Å². The molecule has 2 rings (SSSR count). The summed E-state index contributed by atoms with van der Waals surface area (Å²) >= 11 is 0. The van der Waals surface area contributed by atoms with Crippen LogP contribution in [0, 0.1) is 21.8 Å². The smallest absolute Gasteiger partial charge is 0.306 e. The molecule has 1 aliphatic rings. The summed E-state index contributed by atoms with van der Waals surface area (Å²) in [5, 5.41) is 13.9. The van der Waals surface area contributed by atoms with Crippen LogP contribution in [0.25, 0.3) is 0 Å². The van der Waals surface area contributed by atoms with Gasteiger partial charge in [-0.1, -0.05) is 6.92 Å². The van der Waals surface area contributed by atoms with E-state index in [2.05, 4.69) is 12.2 Å². The van der Waals surface area contributed by atoms with Crippen LogP contribution in [-0.4, -0.2) is 24.2 Å². The molecule has 0 aliphatic carbocycles. The van der Waals surface area contributed by atoms with Gasteiger partial charge in [-0.05, 0) is 24.5 Å². The van der Waals surface area contributed by atoms with Crippen molar-refractivity contribution >= 4 is 11.4 Å². The first-order valence-corrected chi connectivity index (χ1v) is 5.86. The van der Waals surface area contributed by atoms with Crippen LogP contribution in [-0.2, 0) is 4.74 Å². The van der Waals surface area contributed by atoms with Gasteiger partial charge in [-0.15, -0.1) is 0 Å². The van der Waals surface area contributed by atoms with Gasteiger partial charge in [0.25, 0.3) is 0 Å². The Hall–Kier alpha value is -1.69. The van der Waals surface area contributed by atoms with Crippen LogP contribution in [0.3, 0.4) is 0 Å². The first-order valence-electron chi connectivity index (χ1n) is 5.86. The van der Waals surface area contributed by atoms with Crippen molar-refractivity contribution in [3.8, 4) is 0 Å². The number of hydrogen-bond donors (Lipinski definition) is 1. The summed E-state index contributed by atoms with van der Waals surface area (Å²) in [6.07, 6.45) is 0.840. The Morgan fingerprint density at radius 1 is 1.56 bits per heavy atom. The maximum Gasteiger partial charge on any atom is 0.306 e. The van der Waals surface area contributed by atoms with Gasteiger partial charge in [0, 0.05) is 24.4 Å². The zero-order valence-corrected chi connectivity index (χ0v) is 10.1. The molecule has 5 nitrogen and oxygen atoms in total. The number of anilines is 1. The van der Waals surface area contributed by atoms with Gasteiger partial charge in [-0.25, -0.2) is 0 Å². The second kappa shape index (κ2) is 5.30. The van der Waals surface area contributed by atoms with Gasteiger partial charge < -0.3 is 10.1 Å². The normalized spacial score (nSPS) is 23.7. The highest BCUT2D eigenvalue weighted by atomic mass is 19.1. The van der Waals surface area contributed by atoms with E-state index in [9.17, 15) is 14.5 Å². The lowest BCUT2D eigenvalue weighted by molar-refractivity contribution is -0.387. The number of rotatable bonds is 3. The van der Waals surface area contributed by atoms with Crippen molar-refractivity contribution in [1.29, 1.82) is 0 Å². The van der Waals surface area contributed by atoms with E-state index in [0.717, 1.165) is 12.5 Å². The molecular formula is C12H15FN2O3. The predicted molar refractivity (Wildman–Crippen MR) is 65.1 cm³/mol. The molecule has 6 heteroatoms. The molecule has 2 unspecified atom stereocenters. The summed E-state index contributed by atoms with van der Waals surface area (Å²) in [5.41, 5.74) is 0.0709. The first kappa shape index (κ1) is 12.8. The molecule has 0 radical (unpaired) electrons. The highest BCUT2D eigenvalue weighted by Crippen LogP contribution is 2.25. The van der Waals surface area contributed by atoms with Crippen molar-refractivity contribution in [1.82, 2.24) is 0 Å². The molecule has 1 aliphatic heterocycles. The van der Waals surface area contributed by atoms with E-state index in [1.165, 1.54) is 12.1 Å². The Kier molecular flexibility index (Phi) is 3.76. The largest absolute Gasteiger partial charge is 0.382 e. The van der Waals surface area contributed by atoms with E-state index >= 15 is 0 Å². The van der Waals surface area contributed by atoms with Gasteiger partial charge in [-0.2, -0.15) is 4.39 Å². The minimum Gasteiger partial charge on any atom is -0.382 e. The average Bonchev–Trinajstić information content (AvgIpc) is 2.34. The third-order valence-electron chi connectivity index (χ3n) is 3.14. The number of nitrogens with zero attached hydrogens (tertiary/aromatic N) is 1. The fourth-order valence-corrected chi connectivity index (χ4v) is 2.05. The molecule has 1 fully saturated rings. The van der Waals surface area contributed by atoms with E-state index in [1.54, 1.807) is 0 Å². The van der Waals surface area contributed by atoms with Crippen LogP contribution in [0.1, 0.15) is 13.3 Å². The van der Waals surface area contributed by atoms with Crippen molar-refractivity contribution in [2.24, 2.45) is 5.92 Å². The predicted octanol–water partition coefficient (Wildman–Crippen LogP) is 2.57. The molecule has 1 aromatic rings. The Bertz CT molecular complexity index is 453. The van der Waals surface area contributed by atoms with Gasteiger partial charge in [-0.3, -0.25) is 10.1 Å². The molecule has 0 amide bonds. The van der Waals surface area contributed by atoms with E-state index < -0.39 is 16.4 Å². The van der Waals surface area contributed by atoms with Crippen LogP contribution in [0.5, 0.6) is 0 Å². The standard InChI is InChI=1S/C12H15FN2O3/c1-8-7-18-5-4-11(8)14-9-2-3-10(13)12(6-9)15(16)17/h2-3,6,8,11,14H,4-5,7H2,1H3. The summed E-state index contributed by atoms with van der Waals surface area (Å²) in [4.78, 5) is 9.93. The van der Waals surface area contributed by atoms with Crippen molar-refractivity contribution in [2.45, 2.75) is 19.4 Å². The van der Waals surface area contributed by atoms with E-state index in [4.69, 9.17) is 4.74 Å². The highest BCUT2D eigenvalue weighted by Gasteiger charge is 2.22. The third-order valence-corrected chi connectivity index (χ3v) is 3.14. The molecule has 0 spiro atoms. The second-order valence-electron chi connectivity index (χ2n) is 4.52. The summed E-state index contributed by atoms with van der Waals surface area (Å²) in [6.45, 7) is 3.39. The monoisotopic (exact) mass is 254 g/mol. The van der Waals surface area contributed by atoms with Crippen molar-refractivity contribution < 1.29 is 14.1 Å². The quantitative estimate of drug-likeness (QED) is 0.665. The molecule has 1 aromatic carbocycles. The Morgan fingerprint density at radius 3 is 3.00 bits per heavy atom. The van der Waals surface area contributed by atoms with E-state index in [-0.39, 0.29) is 6.04 Å². The lowest BCUT2D eigenvalue weighted by Gasteiger charge is -2.30. The minimum absolute atomic E-state index is 0.198. The minimum atomic E-state index is -0.814. The number of hydrogen-bond acceptors (Lipinski definition) is 4. The van der Waals surface area contributed by atoms with Gasteiger partial charge in [0.1, 0.15) is 0 Å². The molecule has 2 atom stereocenters. The Labute approximate surface area is 104 Å². The number of ether oxygens (including phenoxy) is 1. The first-order chi connectivity index (χ1) is 8.58. The fraction of sp³-hybridized carbons (Fsp3) is 0.500. The molecule has 0 bridgehead atoms. The lowest BCUT2D eigenvalue weighted by atomic mass is 9.97. The van der Waals surface area contributed by atoms with Crippen LogP contribution >= 0.6 is 0 Å². The summed E-state index contributed by atoms with van der Waals surface area (Å²) in [6, 6.07) is 4.07. The fourth-order valence-electron chi connectivity index (χ4n) is 2.05. The Morgan fingerprint density at radius 2 is 2.33 bits per heavy atom. The molecule has 1 saturated heterocycles. The van der Waals surface area contributed by atoms with Gasteiger partial charge >= 0.3 is 5.69 Å². The topological polar surface area (TPSA) is 64.4 Å². The second-order valence-corrected chi connectivity index (χ2v) is 4.52. The van der Waals surface area contributed by atoms with Crippen LogP contribution in [0.15, 0.2) is 18.2 Å². The summed E-state index contributed by atoms with van der Waals surface area (Å²) in [5.74, 6) is -0.492. The van der Waals surface area contributed by atoms with Crippen molar-refractivity contribution in [2.75, 3.05) is 18.5 Å². The molecule has 0 aromatic heterocycles. The maximum absolute atomic E-state index is 13.2. The summed E-state index contributed by atoms with van der Waals surface area (Å²) < 4.78 is 18.5. The van der Waals surface area contributed by atoms with Crippen molar-refractivity contribution in [3.63, 3.8) is 0 Å². The number of nitro benzene ring substituents is 1. The SMILES string of the molecule is CC1COCCC1Nc1ccc(F)c([N+](=O)[O-])c1. The van der Waals surface area contributed by atoms with Gasteiger partial charge in [0.2, 0.25) is 5.82 Å². The van der Waals surface area contributed by atoms with Crippen LogP contribution in [0.2, 0.25) is 0 Å². The molecule has 98 valence electrons. The van der Waals surface area contributed by atoms with Crippen LogP contribution < -0.4 is 5.32 Å². The number of halogens is 1. The average molecular weight is 254 g/mol. The van der Waals surface area contributed by atoms with E-state index in [0.29, 0.717) is 24.8 Å². The summed E-state index contributed by atoms with van der Waals surface area (Å²) in [7, 11) is 0. The molecule has 1 heterocycles. The molecule has 0 saturated carbocycles. The lowest BCUT2D eigenvalue weighted by Crippen LogP contribution is -2.35. The molecular weight excluding hydrogens is 239 g/mol. The third kappa shape index (κ3) is 2.76. The molecule has 18 heavy (non-hydrogen) atoms. The maximum atomic E-state index is 13.2. The van der Waals surface area contributed by atoms with Crippen molar-refractivity contribution in [3.05, 3.63) is 34.1 Å². The number of nitrogens with one attached hydrogen (secondary N) is 1.